The smallest absolute Gasteiger partial charge is 0.145 e. The molecule has 6 rings (SSSR count). The second-order valence-corrected chi connectivity index (χ2v) is 8.45. The van der Waals surface area contributed by atoms with Crippen molar-refractivity contribution >= 4 is 0 Å². The van der Waals surface area contributed by atoms with Crippen molar-refractivity contribution < 1.29 is 4.52 Å². The highest BCUT2D eigenvalue weighted by Crippen LogP contribution is 2.49. The van der Waals surface area contributed by atoms with E-state index in [-0.39, 0.29) is 5.41 Å². The second-order valence-electron chi connectivity index (χ2n) is 8.45. The number of benzene rings is 1. The highest BCUT2D eigenvalue weighted by Gasteiger charge is 2.48. The van der Waals surface area contributed by atoms with Gasteiger partial charge in [-0.1, -0.05) is 44.1 Å². The highest BCUT2D eigenvalue weighted by atomic mass is 16.5. The molecule has 0 amide bonds. The van der Waals surface area contributed by atoms with Gasteiger partial charge in [-0.3, -0.25) is 9.55 Å². The van der Waals surface area contributed by atoms with E-state index in [1.165, 1.54) is 17.0 Å². The second kappa shape index (κ2) is 7.80. The molecular weight excluding hydrogens is 384 g/mol. The third-order valence-electron chi connectivity index (χ3n) is 6.82. The monoisotopic (exact) mass is 412 g/mol. The summed E-state index contributed by atoms with van der Waals surface area (Å²) < 4.78 is 7.88. The van der Waals surface area contributed by atoms with Crippen molar-refractivity contribution in [2.75, 3.05) is 0 Å². The van der Waals surface area contributed by atoms with Gasteiger partial charge in [-0.05, 0) is 49.4 Å². The summed E-state index contributed by atoms with van der Waals surface area (Å²) in [6.45, 7) is 6.38. The number of hydrogen-bond acceptors (Lipinski definition) is 4. The van der Waals surface area contributed by atoms with Crippen LogP contribution in [0.25, 0.3) is 17.1 Å². The molecule has 2 aliphatic rings. The zero-order chi connectivity index (χ0) is 21.4. The fourth-order valence-corrected chi connectivity index (χ4v) is 5.29. The van der Waals surface area contributed by atoms with Crippen LogP contribution in [0, 0.1) is 5.92 Å². The first-order chi connectivity index (χ1) is 15.2. The lowest BCUT2D eigenvalue weighted by Gasteiger charge is -2.43. The summed E-state index contributed by atoms with van der Waals surface area (Å²) in [7, 11) is 0. The van der Waals surface area contributed by atoms with Crippen molar-refractivity contribution in [1.82, 2.24) is 19.7 Å². The third-order valence-corrected chi connectivity index (χ3v) is 6.82. The van der Waals surface area contributed by atoms with Crippen molar-refractivity contribution in [3.63, 3.8) is 0 Å². The van der Waals surface area contributed by atoms with E-state index in [4.69, 9.17) is 9.51 Å². The highest BCUT2D eigenvalue weighted by molar-refractivity contribution is 5.61. The first kappa shape index (κ1) is 19.7. The Labute approximate surface area is 183 Å². The molecule has 0 saturated carbocycles. The first-order valence-corrected chi connectivity index (χ1v) is 11.2. The fraction of sp³-hybridized carbons (Fsp3) is 0.346. The van der Waals surface area contributed by atoms with Crippen LogP contribution in [0.1, 0.15) is 49.9 Å². The van der Waals surface area contributed by atoms with Crippen molar-refractivity contribution in [3.8, 4) is 17.1 Å². The van der Waals surface area contributed by atoms with Crippen molar-refractivity contribution in [1.29, 1.82) is 0 Å². The van der Waals surface area contributed by atoms with Crippen LogP contribution in [-0.4, -0.2) is 19.7 Å². The fourth-order valence-electron chi connectivity index (χ4n) is 5.29. The van der Waals surface area contributed by atoms with Crippen molar-refractivity contribution in [2.24, 2.45) is 5.92 Å². The van der Waals surface area contributed by atoms with Gasteiger partial charge in [0.25, 0.3) is 0 Å². The Hall–Kier alpha value is -3.21. The maximum atomic E-state index is 5.52. The minimum Gasteiger partial charge on any atom is -0.361 e. The Morgan fingerprint density at radius 1 is 1.06 bits per heavy atom. The Balaban J connectivity index is 0.000000994. The average Bonchev–Trinajstić information content (AvgIpc) is 3.44. The molecule has 31 heavy (non-hydrogen) atoms. The van der Waals surface area contributed by atoms with Gasteiger partial charge >= 0.3 is 0 Å². The molecule has 4 aromatic rings. The van der Waals surface area contributed by atoms with Gasteiger partial charge in [0.1, 0.15) is 11.6 Å². The molecule has 158 valence electrons. The van der Waals surface area contributed by atoms with Gasteiger partial charge in [0.05, 0.1) is 11.9 Å². The van der Waals surface area contributed by atoms with Gasteiger partial charge in [-0.25, -0.2) is 4.98 Å². The number of hydrogen-bond donors (Lipinski definition) is 0. The predicted octanol–water partition coefficient (Wildman–Crippen LogP) is 5.57. The van der Waals surface area contributed by atoms with Crippen LogP contribution in [0.2, 0.25) is 0 Å². The minimum absolute atomic E-state index is 0.00600. The molecule has 3 aromatic heterocycles. The zero-order valence-corrected chi connectivity index (χ0v) is 18.4. The van der Waals surface area contributed by atoms with Gasteiger partial charge in [-0.2, -0.15) is 0 Å². The van der Waals surface area contributed by atoms with E-state index in [2.05, 4.69) is 52.0 Å². The van der Waals surface area contributed by atoms with Crippen LogP contribution in [0.15, 0.2) is 65.6 Å². The van der Waals surface area contributed by atoms with E-state index in [9.17, 15) is 0 Å². The van der Waals surface area contributed by atoms with Crippen molar-refractivity contribution in [3.05, 3.63) is 83.8 Å². The molecule has 0 spiro atoms. The molecule has 5 heteroatoms. The summed E-state index contributed by atoms with van der Waals surface area (Å²) in [4.78, 5) is 9.49. The predicted molar refractivity (Wildman–Crippen MR) is 121 cm³/mol. The van der Waals surface area contributed by atoms with Gasteiger partial charge in [0.15, 0.2) is 0 Å². The third kappa shape index (κ3) is 3.11. The molecule has 3 heterocycles. The van der Waals surface area contributed by atoms with Crippen LogP contribution in [0.3, 0.4) is 0 Å². The Bertz CT molecular complexity index is 1180. The van der Waals surface area contributed by atoms with Crippen LogP contribution >= 0.6 is 0 Å². The quantitative estimate of drug-likeness (QED) is 0.432. The van der Waals surface area contributed by atoms with E-state index in [0.717, 1.165) is 48.5 Å². The number of nitrogens with zero attached hydrogens (tertiary/aromatic N) is 4. The number of para-hydroxylation sites is 1. The molecule has 1 aromatic carbocycles. The van der Waals surface area contributed by atoms with E-state index in [1.807, 2.05) is 44.6 Å². The Kier molecular flexibility index (Phi) is 4.97. The molecule has 0 aliphatic heterocycles. The van der Waals surface area contributed by atoms with Crippen LogP contribution < -0.4 is 0 Å². The van der Waals surface area contributed by atoms with E-state index in [0.29, 0.717) is 5.92 Å². The molecule has 0 radical (unpaired) electrons. The summed E-state index contributed by atoms with van der Waals surface area (Å²) in [5.41, 5.74) is 6.05. The van der Waals surface area contributed by atoms with Crippen LogP contribution in [0.5, 0.6) is 0 Å². The van der Waals surface area contributed by atoms with Gasteiger partial charge in [0, 0.05) is 46.7 Å². The molecule has 2 atom stereocenters. The normalized spacial score (nSPS) is 21.3. The lowest BCUT2D eigenvalue weighted by molar-refractivity contribution is 0.206. The molecule has 0 bridgehead atoms. The number of pyridine rings is 1. The SMILES string of the molecule is CC.CC12Cc3cnoc3CC1CCc1c2nc(-c2ccncc2)n1-c1ccccc1. The molecule has 2 unspecified atom stereocenters. The Morgan fingerprint density at radius 3 is 2.61 bits per heavy atom. The molecule has 2 aliphatic carbocycles. The van der Waals surface area contributed by atoms with Crippen LogP contribution in [-0.2, 0) is 24.7 Å². The van der Waals surface area contributed by atoms with Gasteiger partial charge < -0.3 is 4.52 Å². The minimum atomic E-state index is -0.00600. The number of aromatic nitrogens is 4. The van der Waals surface area contributed by atoms with Crippen LogP contribution in [0.4, 0.5) is 0 Å². The maximum Gasteiger partial charge on any atom is 0.145 e. The summed E-state index contributed by atoms with van der Waals surface area (Å²) in [6.07, 6.45) is 9.62. The average molecular weight is 413 g/mol. The number of rotatable bonds is 2. The molecular formula is C26H28N4O. The van der Waals surface area contributed by atoms with Gasteiger partial charge in [-0.15, -0.1) is 0 Å². The maximum absolute atomic E-state index is 5.52. The topological polar surface area (TPSA) is 56.7 Å². The number of fused-ring (bicyclic) bond motifs is 4. The van der Waals surface area contributed by atoms with Crippen molar-refractivity contribution in [2.45, 2.75) is 51.9 Å². The summed E-state index contributed by atoms with van der Waals surface area (Å²) in [5, 5.41) is 4.06. The largest absolute Gasteiger partial charge is 0.361 e. The van der Waals surface area contributed by atoms with E-state index in [1.54, 1.807) is 0 Å². The first-order valence-electron chi connectivity index (χ1n) is 11.2. The summed E-state index contributed by atoms with van der Waals surface area (Å²) in [6, 6.07) is 14.7. The lowest BCUT2D eigenvalue weighted by Crippen LogP contribution is -2.43. The standard InChI is InChI=1S/C24H22N4O.C2H6/c1-24-14-17-15-26-29-21(17)13-18(24)7-8-20-22(24)27-23(16-9-11-25-12-10-16)28(20)19-5-3-2-4-6-19;1-2/h2-6,9-12,15,18H,7-8,13-14H2,1H3;1-2H3. The van der Waals surface area contributed by atoms with E-state index >= 15 is 0 Å². The molecule has 0 saturated heterocycles. The molecule has 0 fully saturated rings. The number of imidazole rings is 1. The molecule has 5 nitrogen and oxygen atoms in total. The Morgan fingerprint density at radius 2 is 1.84 bits per heavy atom. The lowest BCUT2D eigenvalue weighted by atomic mass is 9.61. The summed E-state index contributed by atoms with van der Waals surface area (Å²) >= 11 is 0. The van der Waals surface area contributed by atoms with E-state index < -0.39 is 0 Å². The summed E-state index contributed by atoms with van der Waals surface area (Å²) in [5.74, 6) is 2.59. The zero-order valence-electron chi connectivity index (χ0n) is 18.4. The van der Waals surface area contributed by atoms with Gasteiger partial charge in [0.2, 0.25) is 0 Å². The molecule has 0 N–H and O–H groups in total.